The van der Waals surface area contributed by atoms with E-state index in [-0.39, 0.29) is 42.5 Å². The van der Waals surface area contributed by atoms with Gasteiger partial charge in [0.2, 0.25) is 5.91 Å². The molecule has 0 bridgehead atoms. The number of hydrogen-bond donors (Lipinski definition) is 1. The summed E-state index contributed by atoms with van der Waals surface area (Å²) in [6.45, 7) is 6.73. The molecule has 1 amide bonds. The van der Waals surface area contributed by atoms with Crippen LogP contribution in [-0.4, -0.2) is 72.5 Å². The Morgan fingerprint density at radius 2 is 2.10 bits per heavy atom. The van der Waals surface area contributed by atoms with E-state index in [0.29, 0.717) is 19.6 Å². The van der Waals surface area contributed by atoms with Crippen molar-refractivity contribution < 1.29 is 14.3 Å². The first-order valence-electron chi connectivity index (χ1n) is 10.1. The zero-order valence-corrected chi connectivity index (χ0v) is 20.8. The Morgan fingerprint density at radius 3 is 2.74 bits per heavy atom. The van der Waals surface area contributed by atoms with E-state index >= 15 is 0 Å². The average Bonchev–Trinajstić information content (AvgIpc) is 3.17. The van der Waals surface area contributed by atoms with E-state index in [9.17, 15) is 4.79 Å². The standard InChI is InChI=1S/C21H30N6O3.HI/c1-5-22-21(23-12-16(2)30-19-8-6-7-18(11-19)29-4)26-9-10-27(20(28)15-26)17-13-24-25(3)14-17;/h6-8,11,13-14,16H,5,9-10,12,15H2,1-4H3,(H,22,23);1H. The van der Waals surface area contributed by atoms with Gasteiger partial charge in [-0.05, 0) is 26.0 Å². The largest absolute Gasteiger partial charge is 0.497 e. The molecule has 1 fully saturated rings. The topological polar surface area (TPSA) is 84.2 Å². The lowest BCUT2D eigenvalue weighted by atomic mass is 10.3. The summed E-state index contributed by atoms with van der Waals surface area (Å²) >= 11 is 0. The molecule has 0 radical (unpaired) electrons. The minimum atomic E-state index is -0.127. The van der Waals surface area contributed by atoms with E-state index in [2.05, 4.69) is 10.4 Å². The number of amides is 1. The number of rotatable bonds is 7. The van der Waals surface area contributed by atoms with Crippen LogP contribution in [0, 0.1) is 0 Å². The van der Waals surface area contributed by atoms with Crippen molar-refractivity contribution in [1.82, 2.24) is 20.0 Å². The van der Waals surface area contributed by atoms with Gasteiger partial charge in [0, 0.05) is 38.9 Å². The number of piperazine rings is 1. The molecule has 1 aliphatic heterocycles. The fourth-order valence-corrected chi connectivity index (χ4v) is 3.26. The van der Waals surface area contributed by atoms with Crippen LogP contribution < -0.4 is 19.7 Å². The first-order chi connectivity index (χ1) is 14.5. The Labute approximate surface area is 200 Å². The summed E-state index contributed by atoms with van der Waals surface area (Å²) in [5.74, 6) is 2.24. The molecule has 2 aromatic rings. The highest BCUT2D eigenvalue weighted by Crippen LogP contribution is 2.20. The van der Waals surface area contributed by atoms with Crippen molar-refractivity contribution in [2.24, 2.45) is 12.0 Å². The maximum atomic E-state index is 12.7. The molecule has 0 spiro atoms. The van der Waals surface area contributed by atoms with E-state index in [1.807, 2.05) is 56.3 Å². The van der Waals surface area contributed by atoms with Crippen LogP contribution in [-0.2, 0) is 11.8 Å². The maximum Gasteiger partial charge on any atom is 0.246 e. The Hall–Kier alpha value is -2.50. The summed E-state index contributed by atoms with van der Waals surface area (Å²) in [6.07, 6.45) is 3.44. The normalized spacial score (nSPS) is 15.4. The number of halogens is 1. The lowest BCUT2D eigenvalue weighted by Gasteiger charge is -2.35. The van der Waals surface area contributed by atoms with Crippen LogP contribution >= 0.6 is 24.0 Å². The van der Waals surface area contributed by atoms with Crippen LogP contribution in [0.4, 0.5) is 5.69 Å². The number of ether oxygens (including phenoxy) is 2. The van der Waals surface area contributed by atoms with Crippen molar-refractivity contribution in [2.75, 3.05) is 44.7 Å². The number of aromatic nitrogens is 2. The summed E-state index contributed by atoms with van der Waals surface area (Å²) in [7, 11) is 3.47. The fourth-order valence-electron chi connectivity index (χ4n) is 3.26. The van der Waals surface area contributed by atoms with Crippen molar-refractivity contribution in [3.8, 4) is 11.5 Å². The minimum Gasteiger partial charge on any atom is -0.497 e. The molecule has 10 heteroatoms. The van der Waals surface area contributed by atoms with Gasteiger partial charge in [-0.1, -0.05) is 6.07 Å². The first-order valence-corrected chi connectivity index (χ1v) is 10.1. The molecule has 1 aliphatic rings. The predicted molar refractivity (Wildman–Crippen MR) is 132 cm³/mol. The third-order valence-corrected chi connectivity index (χ3v) is 4.73. The third-order valence-electron chi connectivity index (χ3n) is 4.73. The van der Waals surface area contributed by atoms with E-state index in [0.717, 1.165) is 29.7 Å². The number of anilines is 1. The predicted octanol–water partition coefficient (Wildman–Crippen LogP) is 2.13. The van der Waals surface area contributed by atoms with Crippen LogP contribution in [0.15, 0.2) is 41.7 Å². The second-order valence-electron chi connectivity index (χ2n) is 7.14. The van der Waals surface area contributed by atoms with Gasteiger partial charge < -0.3 is 24.6 Å². The minimum absolute atomic E-state index is 0. The van der Waals surface area contributed by atoms with Gasteiger partial charge in [-0.15, -0.1) is 24.0 Å². The van der Waals surface area contributed by atoms with Gasteiger partial charge in [-0.2, -0.15) is 5.10 Å². The number of carbonyl (C=O) groups is 1. The molecule has 0 aliphatic carbocycles. The van der Waals surface area contributed by atoms with Crippen molar-refractivity contribution in [2.45, 2.75) is 20.0 Å². The molecule has 1 aromatic carbocycles. The van der Waals surface area contributed by atoms with Crippen LogP contribution in [0.1, 0.15) is 13.8 Å². The van der Waals surface area contributed by atoms with Gasteiger partial charge in [-0.3, -0.25) is 9.48 Å². The lowest BCUT2D eigenvalue weighted by Crippen LogP contribution is -2.55. The smallest absolute Gasteiger partial charge is 0.246 e. The number of nitrogens with one attached hydrogen (secondary N) is 1. The van der Waals surface area contributed by atoms with Crippen LogP contribution in [0.3, 0.4) is 0 Å². The summed E-state index contributed by atoms with van der Waals surface area (Å²) < 4.78 is 12.9. The van der Waals surface area contributed by atoms with E-state index in [1.165, 1.54) is 0 Å². The summed E-state index contributed by atoms with van der Waals surface area (Å²) in [5, 5.41) is 7.44. The molecule has 1 saturated heterocycles. The Kier molecular flexibility index (Phi) is 9.41. The number of hydrogen-bond acceptors (Lipinski definition) is 5. The third kappa shape index (κ3) is 6.74. The second kappa shape index (κ2) is 11.8. The van der Waals surface area contributed by atoms with Crippen molar-refractivity contribution in [1.29, 1.82) is 0 Å². The molecule has 170 valence electrons. The number of methoxy groups -OCH3 is 1. The Bertz CT molecular complexity index is 888. The highest BCUT2D eigenvalue weighted by molar-refractivity contribution is 14.0. The second-order valence-corrected chi connectivity index (χ2v) is 7.14. The zero-order chi connectivity index (χ0) is 21.5. The van der Waals surface area contributed by atoms with Crippen molar-refractivity contribution >= 4 is 41.5 Å². The summed E-state index contributed by atoms with van der Waals surface area (Å²) in [5.41, 5.74) is 0.824. The Balaban J connectivity index is 0.00000341. The monoisotopic (exact) mass is 542 g/mol. The first kappa shape index (κ1) is 24.8. The molecular formula is C21H31IN6O3. The van der Waals surface area contributed by atoms with Gasteiger partial charge in [0.25, 0.3) is 0 Å². The molecule has 9 nitrogen and oxygen atoms in total. The fraction of sp³-hybridized carbons (Fsp3) is 0.476. The van der Waals surface area contributed by atoms with Gasteiger partial charge in [0.05, 0.1) is 25.5 Å². The Morgan fingerprint density at radius 1 is 1.32 bits per heavy atom. The average molecular weight is 542 g/mol. The summed E-state index contributed by atoms with van der Waals surface area (Å²) in [4.78, 5) is 21.1. The molecule has 2 heterocycles. The number of nitrogens with zero attached hydrogens (tertiary/aromatic N) is 5. The van der Waals surface area contributed by atoms with Gasteiger partial charge in [0.15, 0.2) is 5.96 Å². The highest BCUT2D eigenvalue weighted by Gasteiger charge is 2.27. The molecule has 1 aromatic heterocycles. The SMILES string of the molecule is CCNC(=NCC(C)Oc1cccc(OC)c1)N1CCN(c2cnn(C)c2)C(=O)C1.I. The molecule has 1 atom stereocenters. The summed E-state index contributed by atoms with van der Waals surface area (Å²) in [6, 6.07) is 7.51. The van der Waals surface area contributed by atoms with Crippen molar-refractivity contribution in [3.63, 3.8) is 0 Å². The molecule has 0 saturated carbocycles. The lowest BCUT2D eigenvalue weighted by molar-refractivity contribution is -0.120. The van der Waals surface area contributed by atoms with Crippen molar-refractivity contribution in [3.05, 3.63) is 36.7 Å². The molecular weight excluding hydrogens is 511 g/mol. The molecule has 1 N–H and O–H groups in total. The number of benzene rings is 1. The number of guanidine groups is 1. The molecule has 1 unspecified atom stereocenters. The van der Waals surface area contributed by atoms with E-state index in [4.69, 9.17) is 14.5 Å². The van der Waals surface area contributed by atoms with E-state index in [1.54, 1.807) is 22.9 Å². The van der Waals surface area contributed by atoms with Gasteiger partial charge in [-0.25, -0.2) is 4.99 Å². The molecule has 3 rings (SSSR count). The maximum absolute atomic E-state index is 12.7. The number of aliphatic imine (C=N–C) groups is 1. The van der Waals surface area contributed by atoms with Crippen LogP contribution in [0.2, 0.25) is 0 Å². The quantitative estimate of drug-likeness (QED) is 0.328. The number of aryl methyl sites for hydroxylation is 1. The highest BCUT2D eigenvalue weighted by atomic mass is 127. The van der Waals surface area contributed by atoms with Gasteiger partial charge in [0.1, 0.15) is 24.1 Å². The zero-order valence-electron chi connectivity index (χ0n) is 18.4. The van der Waals surface area contributed by atoms with Crippen LogP contribution in [0.5, 0.6) is 11.5 Å². The number of carbonyl (C=O) groups excluding carboxylic acids is 1. The van der Waals surface area contributed by atoms with E-state index < -0.39 is 0 Å². The molecule has 31 heavy (non-hydrogen) atoms. The van der Waals surface area contributed by atoms with Gasteiger partial charge >= 0.3 is 0 Å². The van der Waals surface area contributed by atoms with Crippen LogP contribution in [0.25, 0.3) is 0 Å².